The number of rotatable bonds is 4. The van der Waals surface area contributed by atoms with Gasteiger partial charge >= 0.3 is 0 Å². The number of nitrogens with one attached hydrogen (secondary N) is 1. The molecule has 0 spiro atoms. The quantitative estimate of drug-likeness (QED) is 0.912. The number of pyridine rings is 1. The molecule has 2 heterocycles. The van der Waals surface area contributed by atoms with E-state index >= 15 is 0 Å². The number of carbonyl (C=O) groups is 1. The Balaban J connectivity index is 1.47. The van der Waals surface area contributed by atoms with Crippen molar-refractivity contribution in [1.82, 2.24) is 10.3 Å². The normalized spacial score (nSPS) is 32.2. The molecule has 4 rings (SSSR count). The Hall–Kier alpha value is -1.46. The number of fused-ring (bicyclic) bond motifs is 2. The zero-order valence-electron chi connectivity index (χ0n) is 12.9. The third-order valence-electron chi connectivity index (χ3n) is 5.37. The van der Waals surface area contributed by atoms with Gasteiger partial charge in [-0.05, 0) is 37.3 Å². The molecule has 1 saturated carbocycles. The summed E-state index contributed by atoms with van der Waals surface area (Å²) in [6.07, 6.45) is 6.22. The number of methoxy groups -OCH3 is 1. The number of aromatic nitrogens is 1. The maximum absolute atomic E-state index is 12.6. The van der Waals surface area contributed by atoms with Crippen LogP contribution in [0.25, 0.3) is 0 Å². The topological polar surface area (TPSA) is 60.5 Å². The number of ether oxygens (including phenoxy) is 2. The lowest BCUT2D eigenvalue weighted by Gasteiger charge is -2.47. The van der Waals surface area contributed by atoms with Crippen LogP contribution in [0.4, 0.5) is 0 Å². The molecule has 1 aliphatic heterocycles. The van der Waals surface area contributed by atoms with Crippen molar-refractivity contribution >= 4 is 5.91 Å². The molecule has 1 N–H and O–H groups in total. The monoisotopic (exact) mass is 302 g/mol. The highest BCUT2D eigenvalue weighted by Crippen LogP contribution is 2.43. The molecule has 0 radical (unpaired) electrons. The van der Waals surface area contributed by atoms with Crippen molar-refractivity contribution in [3.8, 4) is 0 Å². The largest absolute Gasteiger partial charge is 0.384 e. The first-order valence-corrected chi connectivity index (χ1v) is 8.17. The molecule has 2 fully saturated rings. The molecule has 2 aliphatic carbocycles. The van der Waals surface area contributed by atoms with E-state index in [0.717, 1.165) is 38.0 Å². The molecule has 1 aromatic rings. The summed E-state index contributed by atoms with van der Waals surface area (Å²) in [4.78, 5) is 17.0. The van der Waals surface area contributed by atoms with Crippen LogP contribution in [0.2, 0.25) is 0 Å². The van der Waals surface area contributed by atoms with Gasteiger partial charge in [0.2, 0.25) is 0 Å². The lowest BCUT2D eigenvalue weighted by molar-refractivity contribution is -0.0809. The van der Waals surface area contributed by atoms with Gasteiger partial charge in [-0.25, -0.2) is 0 Å². The minimum Gasteiger partial charge on any atom is -0.384 e. The number of hydrogen-bond acceptors (Lipinski definition) is 4. The first kappa shape index (κ1) is 14.2. The van der Waals surface area contributed by atoms with Crippen LogP contribution in [0.3, 0.4) is 0 Å². The summed E-state index contributed by atoms with van der Waals surface area (Å²) < 4.78 is 11.0. The average Bonchev–Trinajstić information content (AvgIpc) is 3.16. The number of amides is 1. The molecular weight excluding hydrogens is 280 g/mol. The second-order valence-corrected chi connectivity index (χ2v) is 6.59. The van der Waals surface area contributed by atoms with Crippen LogP contribution in [-0.4, -0.2) is 43.4 Å². The predicted molar refractivity (Wildman–Crippen MR) is 80.7 cm³/mol. The van der Waals surface area contributed by atoms with Crippen LogP contribution in [0.1, 0.15) is 34.5 Å². The summed E-state index contributed by atoms with van der Waals surface area (Å²) in [7, 11) is 1.70. The van der Waals surface area contributed by atoms with E-state index in [9.17, 15) is 4.79 Å². The van der Waals surface area contributed by atoms with E-state index in [4.69, 9.17) is 9.47 Å². The second-order valence-electron chi connectivity index (χ2n) is 6.59. The van der Waals surface area contributed by atoms with Crippen molar-refractivity contribution in [3.05, 3.63) is 29.1 Å². The maximum Gasteiger partial charge on any atom is 0.253 e. The zero-order valence-corrected chi connectivity index (χ0v) is 12.9. The average molecular weight is 302 g/mol. The van der Waals surface area contributed by atoms with E-state index in [2.05, 4.69) is 10.3 Å². The Morgan fingerprint density at radius 2 is 2.41 bits per heavy atom. The Kier molecular flexibility index (Phi) is 3.62. The molecule has 22 heavy (non-hydrogen) atoms. The molecular formula is C17H22N2O3. The molecule has 0 aromatic carbocycles. The van der Waals surface area contributed by atoms with Crippen LogP contribution in [0.5, 0.6) is 0 Å². The summed E-state index contributed by atoms with van der Waals surface area (Å²) >= 11 is 0. The standard InChI is InChI=1S/C17H22N2O3/c1-21-9-13-15(12-5-6-22-16(12)13)19-17(20)11-7-10-3-2-4-14(10)18-8-11/h7-8,12-13,15-16H,2-6,9H2,1H3,(H,19,20)/t12-,13+,15+,16-/m0/s1. The summed E-state index contributed by atoms with van der Waals surface area (Å²) in [6, 6.07) is 2.17. The number of hydrogen-bond donors (Lipinski definition) is 1. The van der Waals surface area contributed by atoms with E-state index in [-0.39, 0.29) is 24.0 Å². The van der Waals surface area contributed by atoms with Gasteiger partial charge in [-0.2, -0.15) is 0 Å². The van der Waals surface area contributed by atoms with Crippen LogP contribution in [0, 0.1) is 11.8 Å². The van der Waals surface area contributed by atoms with Crippen molar-refractivity contribution < 1.29 is 14.3 Å². The first-order valence-electron chi connectivity index (χ1n) is 8.17. The van der Waals surface area contributed by atoms with Gasteiger partial charge in [-0.1, -0.05) is 0 Å². The third-order valence-corrected chi connectivity index (χ3v) is 5.37. The number of aryl methyl sites for hydroxylation is 2. The van der Waals surface area contributed by atoms with Gasteiger partial charge in [0.1, 0.15) is 0 Å². The fourth-order valence-corrected chi connectivity index (χ4v) is 4.22. The lowest BCUT2D eigenvalue weighted by Crippen LogP contribution is -2.62. The van der Waals surface area contributed by atoms with Gasteiger partial charge in [0.05, 0.1) is 18.3 Å². The molecule has 5 heteroatoms. The molecule has 0 bridgehead atoms. The third kappa shape index (κ3) is 2.23. The molecule has 1 amide bonds. The van der Waals surface area contributed by atoms with Gasteiger partial charge in [-0.15, -0.1) is 0 Å². The highest BCUT2D eigenvalue weighted by Gasteiger charge is 2.54. The number of nitrogens with zero attached hydrogens (tertiary/aromatic N) is 1. The zero-order chi connectivity index (χ0) is 15.1. The predicted octanol–water partition coefficient (Wildman–Crippen LogP) is 1.35. The van der Waals surface area contributed by atoms with Crippen LogP contribution >= 0.6 is 0 Å². The van der Waals surface area contributed by atoms with Crippen LogP contribution in [0.15, 0.2) is 12.3 Å². The van der Waals surface area contributed by atoms with Gasteiger partial charge in [0, 0.05) is 43.5 Å². The Morgan fingerprint density at radius 1 is 1.50 bits per heavy atom. The molecule has 1 aromatic heterocycles. The molecule has 5 nitrogen and oxygen atoms in total. The summed E-state index contributed by atoms with van der Waals surface area (Å²) in [5.41, 5.74) is 3.07. The molecule has 1 saturated heterocycles. The van der Waals surface area contributed by atoms with Gasteiger partial charge < -0.3 is 14.8 Å². The first-order chi connectivity index (χ1) is 10.8. The molecule has 3 aliphatic rings. The van der Waals surface area contributed by atoms with Crippen molar-refractivity contribution in [1.29, 1.82) is 0 Å². The van der Waals surface area contributed by atoms with E-state index in [1.54, 1.807) is 13.3 Å². The minimum absolute atomic E-state index is 0.0151. The van der Waals surface area contributed by atoms with Crippen molar-refractivity contribution in [2.75, 3.05) is 20.3 Å². The molecule has 0 unspecified atom stereocenters. The second kappa shape index (κ2) is 5.63. The fraction of sp³-hybridized carbons (Fsp3) is 0.647. The summed E-state index contributed by atoms with van der Waals surface area (Å²) in [5, 5.41) is 3.19. The fourth-order valence-electron chi connectivity index (χ4n) is 4.22. The highest BCUT2D eigenvalue weighted by molar-refractivity contribution is 5.94. The lowest BCUT2D eigenvalue weighted by atomic mass is 9.67. The Bertz CT molecular complexity index is 589. The number of carbonyl (C=O) groups excluding carboxylic acids is 1. The van der Waals surface area contributed by atoms with Crippen molar-refractivity contribution in [3.63, 3.8) is 0 Å². The Labute approximate surface area is 130 Å². The molecule has 118 valence electrons. The van der Waals surface area contributed by atoms with E-state index in [1.807, 2.05) is 6.07 Å². The highest BCUT2D eigenvalue weighted by atomic mass is 16.5. The summed E-state index contributed by atoms with van der Waals surface area (Å²) in [5.74, 6) is 0.689. The SMILES string of the molecule is COC[C@@H]1[C@H](NC(=O)c2cnc3c(c2)CCC3)[C@@H]2CCO[C@H]12. The summed E-state index contributed by atoms with van der Waals surface area (Å²) in [6.45, 7) is 1.43. The smallest absolute Gasteiger partial charge is 0.253 e. The van der Waals surface area contributed by atoms with Gasteiger partial charge in [0.15, 0.2) is 0 Å². The van der Waals surface area contributed by atoms with E-state index < -0.39 is 0 Å². The minimum atomic E-state index is -0.0151. The van der Waals surface area contributed by atoms with E-state index in [1.165, 1.54) is 5.56 Å². The van der Waals surface area contributed by atoms with Gasteiger partial charge in [0.25, 0.3) is 5.91 Å². The Morgan fingerprint density at radius 3 is 3.27 bits per heavy atom. The molecule has 4 atom stereocenters. The van der Waals surface area contributed by atoms with Crippen LogP contribution < -0.4 is 5.32 Å². The van der Waals surface area contributed by atoms with Gasteiger partial charge in [-0.3, -0.25) is 9.78 Å². The van der Waals surface area contributed by atoms with Crippen LogP contribution in [-0.2, 0) is 22.3 Å². The van der Waals surface area contributed by atoms with E-state index in [0.29, 0.717) is 18.1 Å². The van der Waals surface area contributed by atoms with Crippen molar-refractivity contribution in [2.45, 2.75) is 37.8 Å². The van der Waals surface area contributed by atoms with Crippen molar-refractivity contribution in [2.24, 2.45) is 11.8 Å². The maximum atomic E-state index is 12.6.